The van der Waals surface area contributed by atoms with Crippen molar-refractivity contribution in [3.63, 3.8) is 0 Å². The fraction of sp³-hybridized carbons (Fsp3) is 0.750. The maximum atomic E-state index is 10.1. The van der Waals surface area contributed by atoms with Crippen LogP contribution in [0.5, 0.6) is 0 Å². The minimum atomic E-state index is 0.0115. The van der Waals surface area contributed by atoms with Crippen molar-refractivity contribution in [2.75, 3.05) is 13.2 Å². The number of unbranched alkanes of at least 4 members (excludes halogenated alkanes) is 15. The second-order valence-corrected chi connectivity index (χ2v) is 10.2. The van der Waals surface area contributed by atoms with Crippen LogP contribution in [0, 0.1) is 0 Å². The van der Waals surface area contributed by atoms with E-state index in [4.69, 9.17) is 9.47 Å². The molecule has 0 rings (SSSR count). The van der Waals surface area contributed by atoms with E-state index in [1.165, 1.54) is 109 Å². The van der Waals surface area contributed by atoms with Crippen LogP contribution in [0.2, 0.25) is 0 Å². The molecule has 0 bridgehead atoms. The number of carbonyl (C=O) groups is 1. The zero-order chi connectivity index (χ0) is 28.9. The zero-order valence-corrected chi connectivity index (χ0v) is 26.6. The lowest BCUT2D eigenvalue weighted by molar-refractivity contribution is -0.140. The number of ether oxygens (including phenoxy) is 2. The average Bonchev–Trinajstić information content (AvgIpc) is 2.94. The summed E-state index contributed by atoms with van der Waals surface area (Å²) in [5.41, 5.74) is 0. The molecule has 0 aliphatic carbocycles. The molecule has 0 unspecified atom stereocenters. The molecule has 0 aliphatic heterocycles. The van der Waals surface area contributed by atoms with Crippen molar-refractivity contribution in [3.05, 3.63) is 48.6 Å². The van der Waals surface area contributed by atoms with Crippen molar-refractivity contribution in [2.45, 2.75) is 162 Å². The van der Waals surface area contributed by atoms with Crippen LogP contribution >= 0.6 is 0 Å². The molecule has 228 valence electrons. The van der Waals surface area contributed by atoms with Gasteiger partial charge >= 0.3 is 0 Å². The lowest BCUT2D eigenvalue weighted by Crippen LogP contribution is -2.17. The van der Waals surface area contributed by atoms with Crippen LogP contribution in [0.4, 0.5) is 0 Å². The molecule has 0 atom stereocenters. The van der Waals surface area contributed by atoms with Crippen molar-refractivity contribution < 1.29 is 14.3 Å². The number of rotatable bonds is 28. The predicted octanol–water partition coefficient (Wildman–Crippen LogP) is 11.6. The van der Waals surface area contributed by atoms with Crippen LogP contribution in [0.25, 0.3) is 0 Å². The first-order valence-corrected chi connectivity index (χ1v) is 16.6. The molecule has 39 heavy (non-hydrogen) atoms. The second-order valence-electron chi connectivity index (χ2n) is 10.2. The summed E-state index contributed by atoms with van der Waals surface area (Å²) in [6.45, 7) is 9.99. The summed E-state index contributed by atoms with van der Waals surface area (Å²) in [6, 6.07) is 0. The minimum absolute atomic E-state index is 0.0115. The number of carbonyl (C=O) groups excluding carboxylic acids is 1. The summed E-state index contributed by atoms with van der Waals surface area (Å²) in [5.74, 6) is 0. The number of allylic oxidation sites excluding steroid dienone is 8. The third-order valence-electron chi connectivity index (χ3n) is 6.42. The Labute approximate surface area is 244 Å². The third kappa shape index (κ3) is 38.8. The number of hydrogen-bond donors (Lipinski definition) is 0. The Morgan fingerprint density at radius 1 is 0.462 bits per heavy atom. The van der Waals surface area contributed by atoms with Gasteiger partial charge in [0.1, 0.15) is 6.29 Å². The Morgan fingerprint density at radius 2 is 0.821 bits per heavy atom. The average molecular weight is 547 g/mol. The van der Waals surface area contributed by atoms with E-state index in [9.17, 15) is 4.79 Å². The van der Waals surface area contributed by atoms with Crippen LogP contribution in [0.3, 0.4) is 0 Å². The van der Waals surface area contributed by atoms with Gasteiger partial charge in [-0.1, -0.05) is 127 Å². The molecule has 0 heterocycles. The first kappa shape index (κ1) is 39.7. The van der Waals surface area contributed by atoms with E-state index >= 15 is 0 Å². The summed E-state index contributed by atoms with van der Waals surface area (Å²) in [6.07, 6.45) is 43.2. The lowest BCUT2D eigenvalue weighted by Gasteiger charge is -2.16. The zero-order valence-electron chi connectivity index (χ0n) is 26.6. The molecule has 0 aromatic heterocycles. The van der Waals surface area contributed by atoms with E-state index < -0.39 is 0 Å². The van der Waals surface area contributed by atoms with Crippen LogP contribution in [0.15, 0.2) is 48.6 Å². The lowest BCUT2D eigenvalue weighted by atomic mass is 10.1. The molecule has 3 heteroatoms. The van der Waals surface area contributed by atoms with Gasteiger partial charge in [-0.15, -0.1) is 0 Å². The van der Waals surface area contributed by atoms with Crippen molar-refractivity contribution in [2.24, 2.45) is 0 Å². The maximum Gasteiger partial charge on any atom is 0.157 e. The fourth-order valence-electron chi connectivity index (χ4n) is 4.05. The molecular formula is C36H66O3. The van der Waals surface area contributed by atoms with Crippen LogP contribution < -0.4 is 0 Å². The van der Waals surface area contributed by atoms with Gasteiger partial charge < -0.3 is 14.3 Å². The van der Waals surface area contributed by atoms with Gasteiger partial charge in [-0.3, -0.25) is 0 Å². The Balaban J connectivity index is 0. The number of aldehydes is 1. The summed E-state index contributed by atoms with van der Waals surface area (Å²) in [7, 11) is 0. The molecule has 0 aliphatic rings. The van der Waals surface area contributed by atoms with Crippen molar-refractivity contribution in [1.29, 1.82) is 0 Å². The Bertz CT molecular complexity index is 556. The van der Waals surface area contributed by atoms with Crippen LogP contribution in [0.1, 0.15) is 156 Å². The van der Waals surface area contributed by atoms with Crippen molar-refractivity contribution >= 4 is 6.29 Å². The maximum absolute atomic E-state index is 10.1. The van der Waals surface area contributed by atoms with E-state index in [1.807, 2.05) is 13.8 Å². The first-order chi connectivity index (χ1) is 19.3. The fourth-order valence-corrected chi connectivity index (χ4v) is 4.05. The SMILES string of the molecule is CCCC/C=C/C=C\CCCCCCCC(OCC)OCC.CCCC/C=C/C=C\CCCCCCCC=O. The van der Waals surface area contributed by atoms with E-state index in [2.05, 4.69) is 62.5 Å². The molecule has 0 N–H and O–H groups in total. The smallest absolute Gasteiger partial charge is 0.157 e. The van der Waals surface area contributed by atoms with Crippen LogP contribution in [-0.4, -0.2) is 25.8 Å². The highest BCUT2D eigenvalue weighted by Crippen LogP contribution is 2.12. The Morgan fingerprint density at radius 3 is 1.21 bits per heavy atom. The largest absolute Gasteiger partial charge is 0.353 e. The first-order valence-electron chi connectivity index (χ1n) is 16.6. The van der Waals surface area contributed by atoms with Gasteiger partial charge in [0, 0.05) is 19.6 Å². The van der Waals surface area contributed by atoms with Crippen LogP contribution in [-0.2, 0) is 14.3 Å². The molecule has 0 saturated heterocycles. The molecule has 0 aromatic rings. The molecule has 0 spiro atoms. The van der Waals surface area contributed by atoms with Gasteiger partial charge in [-0.05, 0) is 71.6 Å². The highest BCUT2D eigenvalue weighted by atomic mass is 16.7. The van der Waals surface area contributed by atoms with E-state index in [1.54, 1.807) is 0 Å². The number of hydrogen-bond acceptors (Lipinski definition) is 3. The molecule has 0 fully saturated rings. The van der Waals surface area contributed by atoms with Gasteiger partial charge in [0.15, 0.2) is 6.29 Å². The van der Waals surface area contributed by atoms with E-state index in [-0.39, 0.29) is 6.29 Å². The summed E-state index contributed by atoms with van der Waals surface area (Å²) >= 11 is 0. The molecule has 3 nitrogen and oxygen atoms in total. The van der Waals surface area contributed by atoms with Gasteiger partial charge in [-0.2, -0.15) is 0 Å². The van der Waals surface area contributed by atoms with Crippen molar-refractivity contribution in [1.82, 2.24) is 0 Å². The predicted molar refractivity (Wildman–Crippen MR) is 173 cm³/mol. The molecule has 0 amide bonds. The van der Waals surface area contributed by atoms with Gasteiger partial charge in [-0.25, -0.2) is 0 Å². The normalized spacial score (nSPS) is 11.9. The molecule has 0 aromatic carbocycles. The van der Waals surface area contributed by atoms with Gasteiger partial charge in [0.2, 0.25) is 0 Å². The van der Waals surface area contributed by atoms with Gasteiger partial charge in [0.25, 0.3) is 0 Å². The van der Waals surface area contributed by atoms with Crippen molar-refractivity contribution in [3.8, 4) is 0 Å². The summed E-state index contributed by atoms with van der Waals surface area (Å²) in [4.78, 5) is 10.1. The topological polar surface area (TPSA) is 35.5 Å². The summed E-state index contributed by atoms with van der Waals surface area (Å²) in [5, 5.41) is 0. The Hall–Kier alpha value is -1.45. The third-order valence-corrected chi connectivity index (χ3v) is 6.42. The summed E-state index contributed by atoms with van der Waals surface area (Å²) < 4.78 is 11.1. The second kappa shape index (κ2) is 38.7. The van der Waals surface area contributed by atoms with E-state index in [0.29, 0.717) is 0 Å². The van der Waals surface area contributed by atoms with Gasteiger partial charge in [0.05, 0.1) is 0 Å². The molecule has 0 saturated carbocycles. The highest BCUT2D eigenvalue weighted by Gasteiger charge is 2.06. The molecule has 0 radical (unpaired) electrons. The molecular weight excluding hydrogens is 480 g/mol. The monoisotopic (exact) mass is 547 g/mol. The van der Waals surface area contributed by atoms with E-state index in [0.717, 1.165) is 38.8 Å². The standard InChI is InChI=1S/C20H38O2.C16H28O/c1-4-7-8-9-10-11-12-13-14-15-16-17-18-19-20(21-5-2)22-6-3;1-2-3-4-5-6-7-8-9-10-11-12-13-14-15-16-17/h9-12,20H,4-8,13-19H2,1-3H3;5-8,16H,2-4,9-15H2,1H3/b10-9+,12-11-;6-5+,8-7-. The Kier molecular flexibility index (Phi) is 39.4. The minimum Gasteiger partial charge on any atom is -0.353 e. The quantitative estimate of drug-likeness (QED) is 0.0423. The highest BCUT2D eigenvalue weighted by molar-refractivity contribution is 5.48.